The number of fused-ring (bicyclic) bond motifs is 1. The van der Waals surface area contributed by atoms with E-state index >= 15 is 0 Å². The van der Waals surface area contributed by atoms with Crippen molar-refractivity contribution in [3.05, 3.63) is 23.8 Å². The molecule has 1 saturated heterocycles. The molecule has 5 nitrogen and oxygen atoms in total. The molecule has 3 N–H and O–H groups in total. The third-order valence-corrected chi connectivity index (χ3v) is 3.67. The molecule has 0 atom stereocenters. The van der Waals surface area contributed by atoms with Crippen molar-refractivity contribution in [3.63, 3.8) is 0 Å². The minimum absolute atomic E-state index is 0.0231. The molecule has 1 amide bonds. The molecule has 19 heavy (non-hydrogen) atoms. The highest BCUT2D eigenvalue weighted by Gasteiger charge is 2.13. The lowest BCUT2D eigenvalue weighted by atomic mass is 10.1. The molecule has 102 valence electrons. The number of nitrogens with one attached hydrogen (secondary N) is 1. The second-order valence-corrected chi connectivity index (χ2v) is 5.50. The monoisotopic (exact) mass is 298 g/mol. The molecule has 0 saturated carbocycles. The second-order valence-electron chi connectivity index (χ2n) is 3.85. The van der Waals surface area contributed by atoms with Crippen LogP contribution in [0.5, 0.6) is 11.5 Å². The normalized spacial score (nSPS) is 15.8. The lowest BCUT2D eigenvalue weighted by Gasteiger charge is -1.99. The number of thiocarbonyl (C=S) groups is 1. The van der Waals surface area contributed by atoms with Gasteiger partial charge in [-0.25, -0.2) is 0 Å². The van der Waals surface area contributed by atoms with Crippen molar-refractivity contribution >= 4 is 34.2 Å². The molecular weight excluding hydrogens is 284 g/mol. The van der Waals surface area contributed by atoms with Crippen LogP contribution in [0.15, 0.2) is 18.2 Å². The average molecular weight is 298 g/mol. The summed E-state index contributed by atoms with van der Waals surface area (Å²) in [5.41, 5.74) is 6.63. The van der Waals surface area contributed by atoms with E-state index in [1.807, 2.05) is 18.2 Å². The van der Waals surface area contributed by atoms with Crippen molar-refractivity contribution in [1.29, 1.82) is 0 Å². The molecule has 0 bridgehead atoms. The van der Waals surface area contributed by atoms with Crippen LogP contribution >= 0.6 is 24.0 Å². The Bertz CT molecular complexity index is 480. The first-order valence-corrected chi connectivity index (χ1v) is 7.13. The first-order valence-electron chi connectivity index (χ1n) is 5.74. The van der Waals surface area contributed by atoms with Crippen LogP contribution in [0.2, 0.25) is 0 Å². The molecule has 2 aliphatic rings. The highest BCUT2D eigenvalue weighted by molar-refractivity contribution is 8.24. The summed E-state index contributed by atoms with van der Waals surface area (Å²) in [4.78, 5) is 10.2. The number of carbonyl (C=O) groups excluding carboxylic acids is 1. The van der Waals surface area contributed by atoms with Gasteiger partial charge >= 0.3 is 0 Å². The lowest BCUT2D eigenvalue weighted by Crippen LogP contribution is -2.18. The largest absolute Gasteiger partial charge is 0.454 e. The summed E-state index contributed by atoms with van der Waals surface area (Å²) in [5, 5.41) is 2.47. The fourth-order valence-corrected chi connectivity index (χ4v) is 2.39. The molecule has 2 aliphatic heterocycles. The Morgan fingerprint density at radius 3 is 2.74 bits per heavy atom. The molecule has 2 heterocycles. The van der Waals surface area contributed by atoms with Crippen LogP contribution < -0.4 is 20.5 Å². The number of amides is 1. The minimum atomic E-state index is 0.0231. The summed E-state index contributed by atoms with van der Waals surface area (Å²) < 4.78 is 11.0. The van der Waals surface area contributed by atoms with E-state index in [-0.39, 0.29) is 5.91 Å². The summed E-state index contributed by atoms with van der Waals surface area (Å²) in [6.07, 6.45) is 0.886. The molecule has 3 rings (SSSR count). The van der Waals surface area contributed by atoms with Gasteiger partial charge in [0.25, 0.3) is 0 Å². The number of benzene rings is 1. The second kappa shape index (κ2) is 6.74. The quantitative estimate of drug-likeness (QED) is 0.795. The van der Waals surface area contributed by atoms with E-state index in [4.69, 9.17) is 15.2 Å². The van der Waals surface area contributed by atoms with Crippen LogP contribution in [0, 0.1) is 0 Å². The first kappa shape index (κ1) is 14.1. The molecule has 7 heteroatoms. The summed E-state index contributed by atoms with van der Waals surface area (Å²) in [6, 6.07) is 5.92. The number of carbonyl (C=O) groups is 1. The van der Waals surface area contributed by atoms with Gasteiger partial charge in [-0.15, -0.1) is 0 Å². The van der Waals surface area contributed by atoms with Gasteiger partial charge in [-0.1, -0.05) is 30.0 Å². The number of thioether (sulfide) groups is 1. The van der Waals surface area contributed by atoms with Gasteiger partial charge in [0.05, 0.1) is 5.75 Å². The molecule has 1 aromatic rings. The summed E-state index contributed by atoms with van der Waals surface area (Å²) >= 11 is 6.00. The maximum atomic E-state index is 10.2. The van der Waals surface area contributed by atoms with Gasteiger partial charge in [0.15, 0.2) is 11.5 Å². The van der Waals surface area contributed by atoms with Crippen molar-refractivity contribution < 1.29 is 14.3 Å². The van der Waals surface area contributed by atoms with E-state index < -0.39 is 0 Å². The maximum Gasteiger partial charge on any atom is 0.235 e. The van der Waals surface area contributed by atoms with Crippen molar-refractivity contribution in [2.75, 3.05) is 19.1 Å². The van der Waals surface area contributed by atoms with Gasteiger partial charge in [-0.05, 0) is 30.7 Å². The zero-order chi connectivity index (χ0) is 13.7. The van der Waals surface area contributed by atoms with Crippen molar-refractivity contribution in [2.24, 2.45) is 5.73 Å². The Hall–Kier alpha value is -1.31. The predicted molar refractivity (Wildman–Crippen MR) is 78.5 cm³/mol. The first-order chi connectivity index (χ1) is 9.19. The molecule has 0 spiro atoms. The number of nitrogens with two attached hydrogens (primary N) is 1. The van der Waals surface area contributed by atoms with Gasteiger partial charge in [-0.3, -0.25) is 4.79 Å². The van der Waals surface area contributed by atoms with E-state index in [0.717, 1.165) is 17.9 Å². The Kier molecular flexibility index (Phi) is 5.00. The van der Waals surface area contributed by atoms with Gasteiger partial charge in [0.2, 0.25) is 12.7 Å². The molecular formula is C12H14N2O3S2. The van der Waals surface area contributed by atoms with E-state index in [0.29, 0.717) is 23.4 Å². The third kappa shape index (κ3) is 4.09. The topological polar surface area (TPSA) is 73.6 Å². The molecule has 1 fully saturated rings. The lowest BCUT2D eigenvalue weighted by molar-refractivity contribution is -0.116. The van der Waals surface area contributed by atoms with E-state index in [1.165, 1.54) is 17.3 Å². The van der Waals surface area contributed by atoms with Gasteiger partial charge < -0.3 is 20.5 Å². The molecule has 1 aromatic carbocycles. The van der Waals surface area contributed by atoms with E-state index in [1.54, 1.807) is 0 Å². The van der Waals surface area contributed by atoms with Gasteiger partial charge in [0.1, 0.15) is 4.32 Å². The zero-order valence-corrected chi connectivity index (χ0v) is 11.8. The van der Waals surface area contributed by atoms with Crippen molar-refractivity contribution in [3.8, 4) is 11.5 Å². The van der Waals surface area contributed by atoms with Crippen LogP contribution in [0.4, 0.5) is 0 Å². The third-order valence-electron chi connectivity index (χ3n) is 2.45. The van der Waals surface area contributed by atoms with Gasteiger partial charge in [0, 0.05) is 0 Å². The Labute approximate surface area is 120 Å². The zero-order valence-electron chi connectivity index (χ0n) is 10.2. The fourth-order valence-electron chi connectivity index (χ4n) is 1.58. The van der Waals surface area contributed by atoms with Gasteiger partial charge in [-0.2, -0.15) is 0 Å². The summed E-state index contributed by atoms with van der Waals surface area (Å²) in [6.45, 7) is 1.00. The summed E-state index contributed by atoms with van der Waals surface area (Å²) in [5.74, 6) is 2.19. The molecule has 0 radical (unpaired) electrons. The van der Waals surface area contributed by atoms with Crippen LogP contribution in [-0.2, 0) is 11.2 Å². The number of rotatable bonds is 2. The van der Waals surface area contributed by atoms with Crippen LogP contribution in [0.25, 0.3) is 0 Å². The molecule has 0 unspecified atom stereocenters. The number of hydrogen-bond acceptors (Lipinski definition) is 6. The van der Waals surface area contributed by atoms with Crippen LogP contribution in [0.3, 0.4) is 0 Å². The van der Waals surface area contributed by atoms with Crippen molar-refractivity contribution in [2.45, 2.75) is 6.42 Å². The predicted octanol–water partition coefficient (Wildman–Crippen LogP) is 1.05. The van der Waals surface area contributed by atoms with E-state index in [2.05, 4.69) is 17.5 Å². The maximum absolute atomic E-state index is 10.2. The number of hydrogen-bond donors (Lipinski definition) is 2. The van der Waals surface area contributed by atoms with Crippen molar-refractivity contribution in [1.82, 2.24) is 5.32 Å². The highest BCUT2D eigenvalue weighted by atomic mass is 32.2. The molecule has 0 aromatic heterocycles. The Morgan fingerprint density at radius 1 is 1.37 bits per heavy atom. The summed E-state index contributed by atoms with van der Waals surface area (Å²) in [7, 11) is 0. The standard InChI is InChI=1S/C9H11NO2.C3H3NOS2/c10-4-3-7-1-2-8-9(5-7)12-6-11-8;5-2-1-7-3(6)4-2/h1-2,5H,3-4,6,10H2;1H2,(H,4,5,6). The van der Waals surface area contributed by atoms with Crippen LogP contribution in [-0.4, -0.2) is 29.3 Å². The smallest absolute Gasteiger partial charge is 0.235 e. The van der Waals surface area contributed by atoms with E-state index in [9.17, 15) is 4.79 Å². The fraction of sp³-hybridized carbons (Fsp3) is 0.333. The SMILES string of the molecule is NCCc1ccc2c(c1)OCO2.O=C1CSC(=S)N1. The minimum Gasteiger partial charge on any atom is -0.454 e. The number of ether oxygens (including phenoxy) is 2. The highest BCUT2D eigenvalue weighted by Crippen LogP contribution is 2.32. The average Bonchev–Trinajstić information content (AvgIpc) is 2.99. The Morgan fingerprint density at radius 2 is 2.16 bits per heavy atom. The van der Waals surface area contributed by atoms with Crippen LogP contribution in [0.1, 0.15) is 5.56 Å². The molecule has 0 aliphatic carbocycles. The Balaban J connectivity index is 0.000000163.